The molecule has 0 spiro atoms. The van der Waals surface area contributed by atoms with Crippen molar-refractivity contribution in [2.75, 3.05) is 0 Å². The molecule has 1 saturated heterocycles. The molecule has 2 heterocycles. The van der Waals surface area contributed by atoms with Crippen molar-refractivity contribution >= 4 is 28.5 Å². The zero-order chi connectivity index (χ0) is 22.1. The van der Waals surface area contributed by atoms with E-state index in [0.29, 0.717) is 23.9 Å². The molecule has 162 valence electrons. The lowest BCUT2D eigenvalue weighted by Crippen LogP contribution is -2.46. The summed E-state index contributed by atoms with van der Waals surface area (Å²) < 4.78 is 67.1. The van der Waals surface area contributed by atoms with Crippen LogP contribution in [0.1, 0.15) is 30.9 Å². The molecule has 3 unspecified atom stereocenters. The number of halogens is 5. The number of pyridine rings is 1. The molecule has 1 amide bonds. The molecule has 0 radical (unpaired) electrons. The predicted octanol–water partition coefficient (Wildman–Crippen LogP) is 4.08. The van der Waals surface area contributed by atoms with Crippen molar-refractivity contribution in [1.29, 1.82) is 0 Å². The Balaban J connectivity index is 1.76. The minimum atomic E-state index is -4.64. The number of carbonyl (C=O) groups is 1. The average Bonchev–Trinajstić information content (AvgIpc) is 3.06. The third-order valence-electron chi connectivity index (χ3n) is 4.82. The van der Waals surface area contributed by atoms with E-state index in [2.05, 4.69) is 10.3 Å². The monoisotopic (exact) mass is 463 g/mol. The van der Waals surface area contributed by atoms with Gasteiger partial charge in [0.2, 0.25) is 5.91 Å². The van der Waals surface area contributed by atoms with E-state index in [4.69, 9.17) is 11.6 Å². The lowest BCUT2D eigenvalue weighted by atomic mass is 10.1. The Hall–Kier alpha value is -2.04. The Labute approximate surface area is 178 Å². The molecule has 5 nitrogen and oxygen atoms in total. The van der Waals surface area contributed by atoms with Crippen molar-refractivity contribution in [3.8, 4) is 0 Å². The summed E-state index contributed by atoms with van der Waals surface area (Å²) in [4.78, 5) is 16.5. The first-order valence-corrected chi connectivity index (χ1v) is 10.5. The van der Waals surface area contributed by atoms with Gasteiger partial charge in [-0.2, -0.15) is 13.2 Å². The van der Waals surface area contributed by atoms with Gasteiger partial charge in [0.25, 0.3) is 0 Å². The number of nitrogens with zero attached hydrogens (tertiary/aromatic N) is 2. The van der Waals surface area contributed by atoms with Gasteiger partial charge < -0.3 is 5.32 Å². The van der Waals surface area contributed by atoms with E-state index >= 15 is 0 Å². The maximum absolute atomic E-state index is 13.2. The fourth-order valence-electron chi connectivity index (χ4n) is 3.33. The third kappa shape index (κ3) is 4.98. The van der Waals surface area contributed by atoms with Crippen LogP contribution in [-0.4, -0.2) is 31.5 Å². The molecule has 0 aliphatic carbocycles. The molecule has 3 rings (SSSR count). The number of alkyl halides is 3. The van der Waals surface area contributed by atoms with E-state index in [9.17, 15) is 26.6 Å². The van der Waals surface area contributed by atoms with Gasteiger partial charge in [-0.25, -0.2) is 17.9 Å². The smallest absolute Gasteiger partial charge is 0.351 e. The van der Waals surface area contributed by atoms with Crippen LogP contribution in [0.5, 0.6) is 0 Å². The minimum absolute atomic E-state index is 0.124. The van der Waals surface area contributed by atoms with Crippen LogP contribution in [0.15, 0.2) is 41.4 Å². The molecule has 0 bridgehead atoms. The van der Waals surface area contributed by atoms with Crippen LogP contribution >= 0.6 is 11.6 Å². The first-order valence-electron chi connectivity index (χ1n) is 9.03. The number of carbonyl (C=O) groups excluding carboxylic acids is 1. The summed E-state index contributed by atoms with van der Waals surface area (Å²) in [5.41, 5.74) is -1.20. The van der Waals surface area contributed by atoms with Crippen molar-refractivity contribution < 1.29 is 26.6 Å². The number of benzene rings is 1. The summed E-state index contributed by atoms with van der Waals surface area (Å²) in [6.07, 6.45) is -3.05. The van der Waals surface area contributed by atoms with E-state index in [1.165, 1.54) is 28.6 Å². The summed E-state index contributed by atoms with van der Waals surface area (Å²) in [6, 6.07) is 5.16. The van der Waals surface area contributed by atoms with Gasteiger partial charge >= 0.3 is 6.18 Å². The molecule has 3 atom stereocenters. The van der Waals surface area contributed by atoms with Crippen molar-refractivity contribution in [2.24, 2.45) is 0 Å². The van der Waals surface area contributed by atoms with Crippen molar-refractivity contribution in [3.63, 3.8) is 0 Å². The number of nitrogens with one attached hydrogen (secondary N) is 1. The quantitative estimate of drug-likeness (QED) is 0.537. The predicted molar refractivity (Wildman–Crippen MR) is 103 cm³/mol. The maximum Gasteiger partial charge on any atom is 0.418 e. The van der Waals surface area contributed by atoms with Crippen molar-refractivity contribution in [1.82, 2.24) is 14.6 Å². The molecule has 1 aliphatic heterocycles. The van der Waals surface area contributed by atoms with Crippen molar-refractivity contribution in [2.45, 2.75) is 49.5 Å². The standard InChI is InChI=1S/C19H18ClF4N3O2S/c1-11-2-7-16(27(11)30(29)14-5-3-13(21)4-6-14)18(28)26-9-12-8-17(20)25-10-15(12)19(22,23)24/h3-6,8,10-11,16H,2,7,9H2,1H3,(H,26,28). The number of amides is 1. The topological polar surface area (TPSA) is 62.3 Å². The zero-order valence-corrected chi connectivity index (χ0v) is 17.3. The van der Waals surface area contributed by atoms with Crippen LogP contribution < -0.4 is 5.32 Å². The van der Waals surface area contributed by atoms with Gasteiger partial charge in [-0.1, -0.05) is 11.6 Å². The second-order valence-corrected chi connectivity index (χ2v) is 8.66. The van der Waals surface area contributed by atoms with Crippen molar-refractivity contribution in [3.05, 3.63) is 58.6 Å². The molecule has 1 fully saturated rings. The summed E-state index contributed by atoms with van der Waals surface area (Å²) in [7, 11) is -1.72. The molecule has 30 heavy (non-hydrogen) atoms. The normalized spacial score (nSPS) is 20.9. The van der Waals surface area contributed by atoms with E-state index in [1.807, 2.05) is 0 Å². The molecule has 2 aromatic rings. The van der Waals surface area contributed by atoms with E-state index < -0.39 is 47.0 Å². The first kappa shape index (κ1) is 22.6. The Kier molecular flexibility index (Phi) is 6.78. The van der Waals surface area contributed by atoms with Gasteiger partial charge in [-0.3, -0.25) is 4.79 Å². The highest BCUT2D eigenvalue weighted by Gasteiger charge is 2.40. The summed E-state index contributed by atoms with van der Waals surface area (Å²) in [5, 5.41) is 2.36. The van der Waals surface area contributed by atoms with Gasteiger partial charge in [0.1, 0.15) is 28.0 Å². The molecule has 1 aromatic heterocycles. The molecular formula is C19H18ClF4N3O2S. The van der Waals surface area contributed by atoms with Gasteiger partial charge in [0, 0.05) is 18.8 Å². The zero-order valence-electron chi connectivity index (χ0n) is 15.7. The van der Waals surface area contributed by atoms with Gasteiger partial charge in [0.15, 0.2) is 0 Å². The Morgan fingerprint density at radius 1 is 1.30 bits per heavy atom. The summed E-state index contributed by atoms with van der Waals surface area (Å²) in [6.45, 7) is 1.40. The molecule has 1 N–H and O–H groups in total. The lowest BCUT2D eigenvalue weighted by Gasteiger charge is -2.26. The molecule has 11 heteroatoms. The van der Waals surface area contributed by atoms with Crippen LogP contribution in [0.2, 0.25) is 5.15 Å². The van der Waals surface area contributed by atoms with Crippen LogP contribution in [0.25, 0.3) is 0 Å². The van der Waals surface area contributed by atoms with Crippen LogP contribution in [0, 0.1) is 5.82 Å². The second-order valence-electron chi connectivity index (χ2n) is 6.88. The highest BCUT2D eigenvalue weighted by Crippen LogP contribution is 2.33. The Morgan fingerprint density at radius 3 is 2.60 bits per heavy atom. The van der Waals surface area contributed by atoms with Gasteiger partial charge in [-0.05, 0) is 55.7 Å². The molecule has 0 saturated carbocycles. The first-order chi connectivity index (χ1) is 14.1. The number of hydrogen-bond acceptors (Lipinski definition) is 3. The summed E-state index contributed by atoms with van der Waals surface area (Å²) in [5.74, 6) is -1.02. The number of rotatable bonds is 5. The number of aromatic nitrogens is 1. The van der Waals surface area contributed by atoms with Gasteiger partial charge in [0.05, 0.1) is 10.5 Å². The fourth-order valence-corrected chi connectivity index (χ4v) is 4.99. The second kappa shape index (κ2) is 8.99. The SMILES string of the molecule is CC1CCC(C(=O)NCc2cc(Cl)ncc2C(F)(F)F)N1S(=O)c1ccc(F)cc1. The van der Waals surface area contributed by atoms with E-state index in [0.717, 1.165) is 6.07 Å². The van der Waals surface area contributed by atoms with Crippen LogP contribution in [0.4, 0.5) is 17.6 Å². The van der Waals surface area contributed by atoms with Gasteiger partial charge in [-0.15, -0.1) is 0 Å². The average molecular weight is 464 g/mol. The Morgan fingerprint density at radius 2 is 1.97 bits per heavy atom. The van der Waals surface area contributed by atoms with Crippen LogP contribution in [0.3, 0.4) is 0 Å². The van der Waals surface area contributed by atoms with E-state index in [-0.39, 0.29) is 16.8 Å². The lowest BCUT2D eigenvalue weighted by molar-refractivity contribution is -0.138. The largest absolute Gasteiger partial charge is 0.418 e. The highest BCUT2D eigenvalue weighted by molar-refractivity contribution is 7.82. The minimum Gasteiger partial charge on any atom is -0.351 e. The molecule has 1 aliphatic rings. The molecule has 1 aromatic carbocycles. The third-order valence-corrected chi connectivity index (χ3v) is 6.70. The fraction of sp³-hybridized carbons (Fsp3) is 0.368. The van der Waals surface area contributed by atoms with Crippen LogP contribution in [-0.2, 0) is 28.5 Å². The number of hydrogen-bond donors (Lipinski definition) is 1. The highest BCUT2D eigenvalue weighted by atomic mass is 35.5. The molecular weight excluding hydrogens is 446 g/mol. The maximum atomic E-state index is 13.2. The summed E-state index contributed by atoms with van der Waals surface area (Å²) >= 11 is 5.71. The Bertz CT molecular complexity index is 956. The van der Waals surface area contributed by atoms with E-state index in [1.54, 1.807) is 6.92 Å².